The zero-order valence-electron chi connectivity index (χ0n) is 10.5. The van der Waals surface area contributed by atoms with Crippen LogP contribution in [0.3, 0.4) is 0 Å². The Bertz CT molecular complexity index is 638. The summed E-state index contributed by atoms with van der Waals surface area (Å²) in [4.78, 5) is 11.5. The molecule has 0 aromatic heterocycles. The van der Waals surface area contributed by atoms with Gasteiger partial charge in [-0.25, -0.2) is 4.39 Å². The number of carbonyl (C=O) groups is 1. The molecule has 2 aromatic rings. The van der Waals surface area contributed by atoms with Gasteiger partial charge in [-0.2, -0.15) is 0 Å². The molecule has 0 saturated carbocycles. The van der Waals surface area contributed by atoms with E-state index in [0.29, 0.717) is 22.6 Å². The Morgan fingerprint density at radius 2 is 1.95 bits per heavy atom. The maximum absolute atomic E-state index is 13.5. The van der Waals surface area contributed by atoms with Crippen LogP contribution in [0.4, 0.5) is 4.39 Å². The summed E-state index contributed by atoms with van der Waals surface area (Å²) < 4.78 is 19.9. The van der Waals surface area contributed by atoms with E-state index < -0.39 is 0 Å². The van der Waals surface area contributed by atoms with E-state index in [-0.39, 0.29) is 11.6 Å². The first-order valence-corrected chi connectivity index (χ1v) is 6.51. The summed E-state index contributed by atoms with van der Waals surface area (Å²) in [6.45, 7) is 3.14. The van der Waals surface area contributed by atoms with Gasteiger partial charge in [0.05, 0.1) is 5.56 Å². The van der Waals surface area contributed by atoms with Gasteiger partial charge < -0.3 is 4.74 Å². The molecular weight excluding hydrogens is 311 g/mol. The normalized spacial score (nSPS) is 10.3. The van der Waals surface area contributed by atoms with Crippen LogP contribution < -0.4 is 4.74 Å². The average Bonchev–Trinajstić information content (AvgIpc) is 2.33. The van der Waals surface area contributed by atoms with Crippen molar-refractivity contribution in [3.8, 4) is 11.5 Å². The summed E-state index contributed by atoms with van der Waals surface area (Å²) in [6, 6.07) is 9.74. The third-order valence-electron chi connectivity index (χ3n) is 2.69. The van der Waals surface area contributed by atoms with Gasteiger partial charge in [-0.05, 0) is 43.7 Å². The molecule has 2 aromatic carbocycles. The van der Waals surface area contributed by atoms with Crippen LogP contribution in [0.25, 0.3) is 0 Å². The molecule has 19 heavy (non-hydrogen) atoms. The van der Waals surface area contributed by atoms with Crippen LogP contribution in [-0.4, -0.2) is 5.78 Å². The minimum atomic E-state index is -0.336. The van der Waals surface area contributed by atoms with E-state index in [9.17, 15) is 9.18 Å². The molecular formula is C15H12BrFO2. The number of aryl methyl sites for hydroxylation is 1. The van der Waals surface area contributed by atoms with Crippen LogP contribution in [0.1, 0.15) is 22.8 Å². The molecule has 0 spiro atoms. The van der Waals surface area contributed by atoms with E-state index >= 15 is 0 Å². The first-order chi connectivity index (χ1) is 8.97. The van der Waals surface area contributed by atoms with Crippen molar-refractivity contribution in [1.29, 1.82) is 0 Å². The number of rotatable bonds is 3. The molecule has 98 valence electrons. The monoisotopic (exact) mass is 322 g/mol. The minimum absolute atomic E-state index is 0.102. The maximum atomic E-state index is 13.5. The Labute approximate surface area is 119 Å². The molecule has 4 heteroatoms. The second-order valence-electron chi connectivity index (χ2n) is 4.21. The number of halogens is 2. The number of ether oxygens (including phenoxy) is 1. The SMILES string of the molecule is CC(=O)c1ccc(Br)cc1Oc1ccc(C)c(F)c1. The van der Waals surface area contributed by atoms with E-state index in [2.05, 4.69) is 15.9 Å². The summed E-state index contributed by atoms with van der Waals surface area (Å²) in [6.07, 6.45) is 0. The Balaban J connectivity index is 2.39. The van der Waals surface area contributed by atoms with Crippen molar-refractivity contribution in [2.75, 3.05) is 0 Å². The lowest BCUT2D eigenvalue weighted by Gasteiger charge is -2.10. The highest BCUT2D eigenvalue weighted by Gasteiger charge is 2.10. The first-order valence-electron chi connectivity index (χ1n) is 5.72. The first kappa shape index (κ1) is 13.7. The van der Waals surface area contributed by atoms with Gasteiger partial charge in [0, 0.05) is 10.5 Å². The lowest BCUT2D eigenvalue weighted by Crippen LogP contribution is -1.97. The molecule has 0 saturated heterocycles. The number of hydrogen-bond donors (Lipinski definition) is 0. The predicted octanol–water partition coefficient (Wildman–Crippen LogP) is 4.89. The number of ketones is 1. The highest BCUT2D eigenvalue weighted by Crippen LogP contribution is 2.29. The van der Waals surface area contributed by atoms with Crippen molar-refractivity contribution in [3.63, 3.8) is 0 Å². The highest BCUT2D eigenvalue weighted by molar-refractivity contribution is 9.10. The van der Waals surface area contributed by atoms with Gasteiger partial charge in [0.2, 0.25) is 0 Å². The molecule has 0 atom stereocenters. The average molecular weight is 323 g/mol. The molecule has 2 nitrogen and oxygen atoms in total. The van der Waals surface area contributed by atoms with Crippen LogP contribution in [0, 0.1) is 12.7 Å². The number of benzene rings is 2. The maximum Gasteiger partial charge on any atom is 0.163 e. The van der Waals surface area contributed by atoms with Gasteiger partial charge in [-0.3, -0.25) is 4.79 Å². The Hall–Kier alpha value is -1.68. The van der Waals surface area contributed by atoms with Crippen LogP contribution in [0.5, 0.6) is 11.5 Å². The minimum Gasteiger partial charge on any atom is -0.456 e. The number of hydrogen-bond acceptors (Lipinski definition) is 2. The standard InChI is InChI=1S/C15H12BrFO2/c1-9-3-5-12(8-14(9)17)19-15-7-11(16)4-6-13(15)10(2)18/h3-8H,1-2H3. The molecule has 0 aliphatic heterocycles. The third-order valence-corrected chi connectivity index (χ3v) is 3.19. The van der Waals surface area contributed by atoms with Gasteiger partial charge in [0.25, 0.3) is 0 Å². The molecule has 0 aliphatic carbocycles. The zero-order valence-corrected chi connectivity index (χ0v) is 12.1. The second kappa shape index (κ2) is 5.53. The van der Waals surface area contributed by atoms with Gasteiger partial charge in [-0.15, -0.1) is 0 Å². The van der Waals surface area contributed by atoms with Crippen LogP contribution >= 0.6 is 15.9 Å². The number of Topliss-reactive ketones (excluding diaryl/α,β-unsaturated/α-hetero) is 1. The van der Waals surface area contributed by atoms with Gasteiger partial charge in [0.15, 0.2) is 5.78 Å². The van der Waals surface area contributed by atoms with Crippen LogP contribution in [-0.2, 0) is 0 Å². The fourth-order valence-electron chi connectivity index (χ4n) is 1.64. The van der Waals surface area contributed by atoms with E-state index in [1.165, 1.54) is 13.0 Å². The molecule has 0 N–H and O–H groups in total. The molecule has 0 radical (unpaired) electrons. The highest BCUT2D eigenvalue weighted by atomic mass is 79.9. The molecule has 0 heterocycles. The summed E-state index contributed by atoms with van der Waals surface area (Å²) in [7, 11) is 0. The van der Waals surface area contributed by atoms with Crippen molar-refractivity contribution in [1.82, 2.24) is 0 Å². The second-order valence-corrected chi connectivity index (χ2v) is 5.13. The summed E-state index contributed by atoms with van der Waals surface area (Å²) >= 11 is 3.32. The van der Waals surface area contributed by atoms with E-state index in [4.69, 9.17) is 4.74 Å². The van der Waals surface area contributed by atoms with Gasteiger partial charge in [-0.1, -0.05) is 22.0 Å². The molecule has 0 bridgehead atoms. The molecule has 0 amide bonds. The van der Waals surface area contributed by atoms with Crippen molar-refractivity contribution >= 4 is 21.7 Å². The van der Waals surface area contributed by atoms with Crippen molar-refractivity contribution in [3.05, 3.63) is 57.8 Å². The smallest absolute Gasteiger partial charge is 0.163 e. The fraction of sp³-hybridized carbons (Fsp3) is 0.133. The molecule has 0 aliphatic rings. The van der Waals surface area contributed by atoms with Crippen LogP contribution in [0.15, 0.2) is 40.9 Å². The quantitative estimate of drug-likeness (QED) is 0.752. The zero-order chi connectivity index (χ0) is 14.0. The van der Waals surface area contributed by atoms with Crippen LogP contribution in [0.2, 0.25) is 0 Å². The van der Waals surface area contributed by atoms with Crippen molar-refractivity contribution in [2.45, 2.75) is 13.8 Å². The lowest BCUT2D eigenvalue weighted by atomic mass is 10.1. The largest absolute Gasteiger partial charge is 0.456 e. The summed E-state index contributed by atoms with van der Waals surface area (Å²) in [5.41, 5.74) is 1.01. The topological polar surface area (TPSA) is 26.3 Å². The summed E-state index contributed by atoms with van der Waals surface area (Å²) in [5.74, 6) is 0.334. The van der Waals surface area contributed by atoms with E-state index in [1.54, 1.807) is 37.3 Å². The number of carbonyl (C=O) groups excluding carboxylic acids is 1. The van der Waals surface area contributed by atoms with Crippen molar-refractivity contribution < 1.29 is 13.9 Å². The van der Waals surface area contributed by atoms with Gasteiger partial charge in [0.1, 0.15) is 17.3 Å². The molecule has 2 rings (SSSR count). The predicted molar refractivity (Wildman–Crippen MR) is 75.4 cm³/mol. The van der Waals surface area contributed by atoms with Crippen molar-refractivity contribution in [2.24, 2.45) is 0 Å². The fourth-order valence-corrected chi connectivity index (χ4v) is 1.98. The molecule has 0 unspecified atom stereocenters. The Morgan fingerprint density at radius 1 is 1.21 bits per heavy atom. The summed E-state index contributed by atoms with van der Waals surface area (Å²) in [5, 5.41) is 0. The third kappa shape index (κ3) is 3.20. The van der Waals surface area contributed by atoms with E-state index in [0.717, 1.165) is 4.47 Å². The molecule has 0 fully saturated rings. The Morgan fingerprint density at radius 3 is 2.58 bits per heavy atom. The Kier molecular flexibility index (Phi) is 4.00. The van der Waals surface area contributed by atoms with Gasteiger partial charge >= 0.3 is 0 Å². The lowest BCUT2D eigenvalue weighted by molar-refractivity contribution is 0.101. The van der Waals surface area contributed by atoms with E-state index in [1.807, 2.05) is 0 Å².